The van der Waals surface area contributed by atoms with Gasteiger partial charge in [-0.15, -0.1) is 11.8 Å². The number of carboxylic acid groups (broad SMARTS) is 1. The fourth-order valence-corrected chi connectivity index (χ4v) is 0.823. The summed E-state index contributed by atoms with van der Waals surface area (Å²) in [6, 6.07) is -0.758. The van der Waals surface area contributed by atoms with Crippen LogP contribution in [0.3, 0.4) is 0 Å². The number of hydrogen-bond donors (Lipinski definition) is 2. The van der Waals surface area contributed by atoms with Gasteiger partial charge >= 0.3 is 5.97 Å². The van der Waals surface area contributed by atoms with Gasteiger partial charge in [0.1, 0.15) is 6.04 Å². The third-order valence-electron chi connectivity index (χ3n) is 1.36. The first kappa shape index (κ1) is 11.5. The Bertz CT molecular complexity index is 257. The summed E-state index contributed by atoms with van der Waals surface area (Å²) < 4.78 is 0. The first-order chi connectivity index (χ1) is 6.07. The van der Waals surface area contributed by atoms with E-state index >= 15 is 0 Å². The van der Waals surface area contributed by atoms with Crippen LogP contribution in [0.1, 0.15) is 26.7 Å². The molecule has 4 heteroatoms. The molecule has 0 bridgehead atoms. The minimum absolute atomic E-state index is 0.289. The third-order valence-corrected chi connectivity index (χ3v) is 1.36. The van der Waals surface area contributed by atoms with Gasteiger partial charge < -0.3 is 10.8 Å². The van der Waals surface area contributed by atoms with Gasteiger partial charge in [0, 0.05) is 6.42 Å². The highest BCUT2D eigenvalue weighted by Gasteiger charge is 2.14. The predicted octanol–water partition coefficient (Wildman–Crippen LogP) is 0.620. The molecule has 0 aliphatic rings. The second-order valence-corrected chi connectivity index (χ2v) is 2.59. The van der Waals surface area contributed by atoms with Crippen LogP contribution in [-0.4, -0.2) is 23.0 Å². The van der Waals surface area contributed by atoms with Crippen LogP contribution in [0.25, 0.3) is 0 Å². The Morgan fingerprint density at radius 1 is 1.69 bits per heavy atom. The maximum atomic E-state index is 10.6. The van der Waals surface area contributed by atoms with Crippen molar-refractivity contribution in [1.29, 1.82) is 0 Å². The highest BCUT2D eigenvalue weighted by atomic mass is 16.4. The van der Waals surface area contributed by atoms with Crippen molar-refractivity contribution in [2.24, 2.45) is 10.7 Å². The number of aliphatic carboxylic acids is 1. The summed E-state index contributed by atoms with van der Waals surface area (Å²) in [4.78, 5) is 14.4. The largest absolute Gasteiger partial charge is 0.480 e. The number of carbonyl (C=O) groups is 1. The first-order valence-corrected chi connectivity index (χ1v) is 4.00. The molecule has 1 atom stereocenters. The normalized spacial score (nSPS) is 12.9. The standard InChI is InChI=1S/C9H14N2O2/c1-3-4-5-6-8(9(12)13)11-7(2)10/h8H,5-6H2,1-2H3,(H2,10,11)(H,12,13). The maximum absolute atomic E-state index is 10.6. The molecule has 0 aromatic rings. The van der Waals surface area contributed by atoms with Crippen molar-refractivity contribution < 1.29 is 9.90 Å². The van der Waals surface area contributed by atoms with E-state index in [0.29, 0.717) is 12.8 Å². The number of rotatable bonds is 4. The van der Waals surface area contributed by atoms with Crippen LogP contribution in [0.15, 0.2) is 4.99 Å². The van der Waals surface area contributed by atoms with Gasteiger partial charge in [-0.1, -0.05) is 0 Å². The molecule has 1 unspecified atom stereocenters. The third kappa shape index (κ3) is 5.74. The van der Waals surface area contributed by atoms with Crippen molar-refractivity contribution >= 4 is 11.8 Å². The van der Waals surface area contributed by atoms with Gasteiger partial charge in [0.15, 0.2) is 0 Å². The van der Waals surface area contributed by atoms with Gasteiger partial charge in [-0.25, -0.2) is 4.79 Å². The van der Waals surface area contributed by atoms with E-state index in [1.165, 1.54) is 0 Å². The Morgan fingerprint density at radius 2 is 2.31 bits per heavy atom. The fourth-order valence-electron chi connectivity index (χ4n) is 0.823. The summed E-state index contributed by atoms with van der Waals surface area (Å²) in [7, 11) is 0. The van der Waals surface area contributed by atoms with Gasteiger partial charge in [-0.2, -0.15) is 0 Å². The summed E-state index contributed by atoms with van der Waals surface area (Å²) in [5, 5.41) is 8.71. The molecule has 0 saturated heterocycles. The van der Waals surface area contributed by atoms with Gasteiger partial charge in [-0.05, 0) is 20.3 Å². The van der Waals surface area contributed by atoms with Crippen LogP contribution in [0.4, 0.5) is 0 Å². The molecule has 0 rings (SSSR count). The lowest BCUT2D eigenvalue weighted by molar-refractivity contribution is -0.138. The number of nitrogens with two attached hydrogens (primary N) is 1. The zero-order valence-electron chi connectivity index (χ0n) is 7.87. The SMILES string of the molecule is CC#CCCC(N=C(C)N)C(=O)O. The summed E-state index contributed by atoms with van der Waals surface area (Å²) in [6.07, 6.45) is 0.939. The van der Waals surface area contributed by atoms with Crippen molar-refractivity contribution in [2.45, 2.75) is 32.7 Å². The maximum Gasteiger partial charge on any atom is 0.328 e. The molecule has 0 aromatic carbocycles. The molecule has 0 amide bonds. The molecule has 0 radical (unpaired) electrons. The van der Waals surface area contributed by atoms with Crippen LogP contribution in [0.5, 0.6) is 0 Å². The van der Waals surface area contributed by atoms with E-state index in [9.17, 15) is 4.79 Å². The number of carboxylic acids is 1. The number of aliphatic imine (C=N–C) groups is 1. The molecule has 0 heterocycles. The highest BCUT2D eigenvalue weighted by Crippen LogP contribution is 2.01. The zero-order valence-corrected chi connectivity index (χ0v) is 7.87. The molecule has 0 aliphatic heterocycles. The van der Waals surface area contributed by atoms with E-state index < -0.39 is 12.0 Å². The quantitative estimate of drug-likeness (QED) is 0.380. The van der Waals surface area contributed by atoms with E-state index in [2.05, 4.69) is 16.8 Å². The summed E-state index contributed by atoms with van der Waals surface area (Å²) in [5.41, 5.74) is 5.29. The zero-order chi connectivity index (χ0) is 10.3. The highest BCUT2D eigenvalue weighted by molar-refractivity contribution is 5.82. The molecule has 0 saturated carbocycles. The van der Waals surface area contributed by atoms with Crippen LogP contribution in [0.2, 0.25) is 0 Å². The molecule has 0 aliphatic carbocycles. The first-order valence-electron chi connectivity index (χ1n) is 4.00. The minimum Gasteiger partial charge on any atom is -0.480 e. The van der Waals surface area contributed by atoms with Crippen molar-refractivity contribution in [1.82, 2.24) is 0 Å². The lowest BCUT2D eigenvalue weighted by atomic mass is 10.1. The topological polar surface area (TPSA) is 75.7 Å². The second-order valence-electron chi connectivity index (χ2n) is 2.59. The van der Waals surface area contributed by atoms with Gasteiger partial charge in [0.2, 0.25) is 0 Å². The van der Waals surface area contributed by atoms with Crippen LogP contribution >= 0.6 is 0 Å². The van der Waals surface area contributed by atoms with Crippen molar-refractivity contribution in [3.63, 3.8) is 0 Å². The molecule has 0 fully saturated rings. The summed E-state index contributed by atoms with van der Waals surface area (Å²) in [6.45, 7) is 3.29. The molecule has 0 aromatic heterocycles. The van der Waals surface area contributed by atoms with Crippen molar-refractivity contribution in [3.05, 3.63) is 0 Å². The second kappa shape index (κ2) is 6.06. The minimum atomic E-state index is -0.956. The Balaban J connectivity index is 4.16. The molecule has 0 spiro atoms. The Labute approximate surface area is 77.8 Å². The molecule has 4 nitrogen and oxygen atoms in total. The Kier molecular flexibility index (Phi) is 5.37. The fraction of sp³-hybridized carbons (Fsp3) is 0.556. The average molecular weight is 182 g/mol. The molecule has 3 N–H and O–H groups in total. The van der Waals surface area contributed by atoms with Crippen LogP contribution in [0, 0.1) is 11.8 Å². The van der Waals surface area contributed by atoms with Crippen molar-refractivity contribution in [2.75, 3.05) is 0 Å². The van der Waals surface area contributed by atoms with E-state index in [1.54, 1.807) is 13.8 Å². The summed E-state index contributed by atoms with van der Waals surface area (Å²) in [5.74, 6) is 4.81. The number of nitrogens with zero attached hydrogens (tertiary/aromatic N) is 1. The van der Waals surface area contributed by atoms with Crippen LogP contribution in [-0.2, 0) is 4.79 Å². The molecule has 72 valence electrons. The lowest BCUT2D eigenvalue weighted by Crippen LogP contribution is -2.21. The van der Waals surface area contributed by atoms with Crippen molar-refractivity contribution in [3.8, 4) is 11.8 Å². The average Bonchev–Trinajstić information content (AvgIpc) is 2.02. The number of amidine groups is 1. The lowest BCUT2D eigenvalue weighted by Gasteiger charge is -2.04. The van der Waals surface area contributed by atoms with Gasteiger partial charge in [-0.3, -0.25) is 4.99 Å². The van der Waals surface area contributed by atoms with E-state index in [1.807, 2.05) is 0 Å². The molecular weight excluding hydrogens is 168 g/mol. The molecular formula is C9H14N2O2. The van der Waals surface area contributed by atoms with E-state index in [4.69, 9.17) is 10.8 Å². The predicted molar refractivity (Wildman–Crippen MR) is 51.4 cm³/mol. The smallest absolute Gasteiger partial charge is 0.328 e. The Hall–Kier alpha value is -1.50. The van der Waals surface area contributed by atoms with Gasteiger partial charge in [0.05, 0.1) is 5.84 Å². The molecule has 13 heavy (non-hydrogen) atoms. The van der Waals surface area contributed by atoms with Gasteiger partial charge in [0.25, 0.3) is 0 Å². The van der Waals surface area contributed by atoms with E-state index in [-0.39, 0.29) is 5.84 Å². The summed E-state index contributed by atoms with van der Waals surface area (Å²) >= 11 is 0. The van der Waals surface area contributed by atoms with Crippen LogP contribution < -0.4 is 5.73 Å². The number of hydrogen-bond acceptors (Lipinski definition) is 2. The Morgan fingerprint density at radius 3 is 2.69 bits per heavy atom. The monoisotopic (exact) mass is 182 g/mol. The van der Waals surface area contributed by atoms with E-state index in [0.717, 1.165) is 0 Å².